The average molecular weight is 499 g/mol. The van der Waals surface area contributed by atoms with Crippen molar-refractivity contribution in [3.63, 3.8) is 0 Å². The molecular formula is C26H32ClSiZr-3. The van der Waals surface area contributed by atoms with Gasteiger partial charge in [-0.1, -0.05) is 39.8 Å². The van der Waals surface area contributed by atoms with Crippen LogP contribution in [0.15, 0.2) is 72.8 Å². The molecule has 0 unspecified atom stereocenters. The van der Waals surface area contributed by atoms with Crippen LogP contribution in [0.3, 0.4) is 0 Å². The number of halogens is 1. The second-order valence-electron chi connectivity index (χ2n) is 8.14. The summed E-state index contributed by atoms with van der Waals surface area (Å²) in [7, 11) is 0. The van der Waals surface area contributed by atoms with E-state index in [0.29, 0.717) is 11.8 Å². The largest absolute Gasteiger partial charge is 1.00 e. The summed E-state index contributed by atoms with van der Waals surface area (Å²) in [4.78, 5) is 0. The van der Waals surface area contributed by atoms with Gasteiger partial charge < -0.3 is 12.4 Å². The molecule has 3 heteroatoms. The maximum absolute atomic E-state index is 2.31. The zero-order valence-corrected chi connectivity index (χ0v) is 22.7. The quantitative estimate of drug-likeness (QED) is 0.265. The first-order valence-corrected chi connectivity index (χ1v) is 16.3. The van der Waals surface area contributed by atoms with Crippen molar-refractivity contribution in [3.8, 4) is 0 Å². The zero-order valence-electron chi connectivity index (χ0n) is 18.5. The molecule has 4 aromatic rings. The Labute approximate surface area is 198 Å². The zero-order chi connectivity index (χ0) is 20.7. The van der Waals surface area contributed by atoms with E-state index < -0.39 is 0 Å². The van der Waals surface area contributed by atoms with Crippen LogP contribution in [0.5, 0.6) is 0 Å². The number of hydrogen-bond donors (Lipinski definition) is 0. The molecule has 0 aliphatic heterocycles. The van der Waals surface area contributed by atoms with Crippen molar-refractivity contribution in [1.82, 2.24) is 0 Å². The molecule has 0 saturated carbocycles. The van der Waals surface area contributed by atoms with Crippen molar-refractivity contribution >= 4 is 27.0 Å². The summed E-state index contributed by atoms with van der Waals surface area (Å²) in [5.41, 5.74) is 3.09. The van der Waals surface area contributed by atoms with Gasteiger partial charge in [0.1, 0.15) is 0 Å². The van der Waals surface area contributed by atoms with E-state index in [-0.39, 0.29) is 17.8 Å². The van der Waals surface area contributed by atoms with E-state index in [1.54, 1.807) is 23.3 Å². The molecule has 4 rings (SSSR count). The number of hydrogen-bond acceptors (Lipinski definition) is 0. The smallest absolute Gasteiger partial charge is 1.00 e. The van der Waals surface area contributed by atoms with Gasteiger partial charge in [-0.25, -0.2) is 0 Å². The van der Waals surface area contributed by atoms with Crippen LogP contribution in [0.4, 0.5) is 0 Å². The average Bonchev–Trinajstić information content (AvgIpc) is 3.26. The second kappa shape index (κ2) is 12.7. The third-order valence-corrected chi connectivity index (χ3v) is 4.61. The van der Waals surface area contributed by atoms with Gasteiger partial charge >= 0.3 is 41.9 Å². The van der Waals surface area contributed by atoms with Crippen LogP contribution in [0.2, 0.25) is 13.1 Å². The number of rotatable bonds is 2. The topological polar surface area (TPSA) is 0 Å². The minimum atomic E-state index is 0. The van der Waals surface area contributed by atoms with Crippen molar-refractivity contribution in [2.45, 2.75) is 52.6 Å². The molecule has 0 radical (unpaired) electrons. The maximum Gasteiger partial charge on any atom is -1.00 e. The molecule has 0 heterocycles. The van der Waals surface area contributed by atoms with Gasteiger partial charge in [0, 0.05) is 0 Å². The third-order valence-electron chi connectivity index (χ3n) is 4.61. The van der Waals surface area contributed by atoms with Gasteiger partial charge in [0.05, 0.1) is 0 Å². The van der Waals surface area contributed by atoms with Crippen molar-refractivity contribution in [2.24, 2.45) is 0 Å². The summed E-state index contributed by atoms with van der Waals surface area (Å²) >= 11 is 1.74. The van der Waals surface area contributed by atoms with Gasteiger partial charge in [-0.05, 0) is 11.8 Å². The fourth-order valence-electron chi connectivity index (χ4n) is 3.02. The van der Waals surface area contributed by atoms with Gasteiger partial charge in [0.25, 0.3) is 0 Å². The van der Waals surface area contributed by atoms with Gasteiger partial charge in [0.2, 0.25) is 0 Å². The molecule has 0 spiro atoms. The SMILES string of the molecule is CC(C)c1cc2ccccc2[cH-]1.CC(C)c1cc2ccccc2[cH-]1.C[Si](C)=[Zr].[Cl-]. The van der Waals surface area contributed by atoms with Crippen molar-refractivity contribution in [3.05, 3.63) is 83.9 Å². The van der Waals surface area contributed by atoms with Gasteiger partial charge in [-0.3, -0.25) is 0 Å². The summed E-state index contributed by atoms with van der Waals surface area (Å²) in [6.45, 7) is 13.5. The molecule has 0 aliphatic carbocycles. The van der Waals surface area contributed by atoms with E-state index in [2.05, 4.69) is 114 Å². The molecule has 4 aromatic carbocycles. The van der Waals surface area contributed by atoms with E-state index >= 15 is 0 Å². The van der Waals surface area contributed by atoms with E-state index in [0.717, 1.165) is 0 Å². The minimum absolute atomic E-state index is 0. The van der Waals surface area contributed by atoms with E-state index in [1.165, 1.54) is 32.7 Å². The molecule has 0 amide bonds. The van der Waals surface area contributed by atoms with Gasteiger partial charge in [-0.15, -0.1) is 81.2 Å². The predicted octanol–water partition coefficient (Wildman–Crippen LogP) is 5.15. The normalized spacial score (nSPS) is 10.2. The molecule has 0 aromatic heterocycles. The van der Waals surface area contributed by atoms with Crippen LogP contribution < -0.4 is 12.4 Å². The fraction of sp³-hybridized carbons (Fsp3) is 0.308. The Morgan fingerprint density at radius 1 is 0.690 bits per heavy atom. The van der Waals surface area contributed by atoms with Crippen molar-refractivity contribution in [1.29, 1.82) is 0 Å². The van der Waals surface area contributed by atoms with E-state index in [1.807, 2.05) is 0 Å². The van der Waals surface area contributed by atoms with Gasteiger partial charge in [0.15, 0.2) is 0 Å². The van der Waals surface area contributed by atoms with Crippen LogP contribution in [0, 0.1) is 0 Å². The van der Waals surface area contributed by atoms with Crippen LogP contribution in [-0.4, -0.2) is 5.43 Å². The molecule has 0 fully saturated rings. The van der Waals surface area contributed by atoms with Crippen LogP contribution >= 0.6 is 0 Å². The van der Waals surface area contributed by atoms with Crippen molar-refractivity contribution < 1.29 is 35.7 Å². The van der Waals surface area contributed by atoms with E-state index in [4.69, 9.17) is 0 Å². The molecule has 0 atom stereocenters. The predicted molar refractivity (Wildman–Crippen MR) is 125 cm³/mol. The molecule has 0 bridgehead atoms. The number of benzene rings is 2. The van der Waals surface area contributed by atoms with E-state index in [9.17, 15) is 0 Å². The third kappa shape index (κ3) is 8.36. The van der Waals surface area contributed by atoms with Gasteiger partial charge in [-0.2, -0.15) is 12.1 Å². The Morgan fingerprint density at radius 3 is 1.28 bits per heavy atom. The summed E-state index contributed by atoms with van der Waals surface area (Å²) in [5.74, 6) is 1.27. The van der Waals surface area contributed by atoms with Crippen molar-refractivity contribution in [2.75, 3.05) is 0 Å². The molecule has 29 heavy (non-hydrogen) atoms. The van der Waals surface area contributed by atoms with Crippen LogP contribution in [0.1, 0.15) is 50.7 Å². The summed E-state index contributed by atoms with van der Waals surface area (Å²) in [6.07, 6.45) is 0. The van der Waals surface area contributed by atoms with Crippen LogP contribution in [0.25, 0.3) is 21.5 Å². The maximum atomic E-state index is 2.31. The first-order valence-electron chi connectivity index (χ1n) is 10.1. The minimum Gasteiger partial charge on any atom is -1.00 e. The summed E-state index contributed by atoms with van der Waals surface area (Å²) < 4.78 is 0. The fourth-order valence-corrected chi connectivity index (χ4v) is 3.02. The standard InChI is InChI=1S/2C12H13.C2H6Si.ClH.Zr/c2*1-9(2)12-7-10-5-3-4-6-11(10)8-12;1-3-2;;/h2*3-9H,1-2H3;1-2H3;1H;/q2*-1;;;/p-1. The molecular weight excluding hydrogens is 467 g/mol. The molecule has 0 aliphatic rings. The molecule has 0 saturated heterocycles. The van der Waals surface area contributed by atoms with Crippen LogP contribution in [-0.2, 0) is 23.3 Å². The Balaban J connectivity index is 0.000000239. The summed E-state index contributed by atoms with van der Waals surface area (Å²) in [5, 5.41) is 5.45. The molecule has 0 N–H and O–H groups in total. The first-order chi connectivity index (χ1) is 13.3. The molecule has 0 nitrogen and oxygen atoms in total. The number of fused-ring (bicyclic) bond motifs is 2. The molecule has 154 valence electrons. The Kier molecular flexibility index (Phi) is 11.4. The summed E-state index contributed by atoms with van der Waals surface area (Å²) in [6, 6.07) is 26.1. The first kappa shape index (κ1) is 26.1. The Hall–Kier alpha value is -0.950. The monoisotopic (exact) mass is 497 g/mol. The Morgan fingerprint density at radius 2 is 1.00 bits per heavy atom. The Bertz CT molecular complexity index is 875. The second-order valence-corrected chi connectivity index (χ2v) is 17.5.